The van der Waals surface area contributed by atoms with Gasteiger partial charge < -0.3 is 15.4 Å². The van der Waals surface area contributed by atoms with Gasteiger partial charge in [0.1, 0.15) is 0 Å². The van der Waals surface area contributed by atoms with Crippen LogP contribution in [0.3, 0.4) is 0 Å². The minimum Gasteiger partial charge on any atom is -0.480 e. The third kappa shape index (κ3) is 3.19. The predicted octanol–water partition coefficient (Wildman–Crippen LogP) is 2.86. The first kappa shape index (κ1) is 14.6. The van der Waals surface area contributed by atoms with Gasteiger partial charge in [-0.15, -0.1) is 0 Å². The fourth-order valence-corrected chi connectivity index (χ4v) is 2.20. The average Bonchev–Trinajstić information content (AvgIpc) is 2.47. The molecule has 1 aromatic carbocycles. The molecule has 0 spiro atoms. The van der Waals surface area contributed by atoms with Gasteiger partial charge in [-0.1, -0.05) is 18.2 Å². The summed E-state index contributed by atoms with van der Waals surface area (Å²) in [5.41, 5.74) is 7.81. The van der Waals surface area contributed by atoms with E-state index in [0.717, 1.165) is 22.3 Å². The van der Waals surface area contributed by atoms with E-state index in [2.05, 4.69) is 32.8 Å². The molecular formula is C14H17BrN4O. The van der Waals surface area contributed by atoms with Crippen LogP contribution in [0.25, 0.3) is 0 Å². The molecule has 6 heteroatoms. The molecule has 0 aliphatic rings. The van der Waals surface area contributed by atoms with E-state index in [1.165, 1.54) is 0 Å². The molecule has 0 fully saturated rings. The Bertz CT molecular complexity index is 591. The number of nitrogens with zero attached hydrogens (tertiary/aromatic N) is 3. The van der Waals surface area contributed by atoms with Crippen molar-refractivity contribution in [2.45, 2.75) is 13.5 Å². The molecule has 2 rings (SSSR count). The van der Waals surface area contributed by atoms with Crippen LogP contribution in [0.15, 0.2) is 34.9 Å². The maximum atomic E-state index is 5.98. The van der Waals surface area contributed by atoms with Crippen LogP contribution in [0.5, 0.6) is 5.88 Å². The number of rotatable bonds is 5. The van der Waals surface area contributed by atoms with Crippen molar-refractivity contribution >= 4 is 27.6 Å². The fourth-order valence-electron chi connectivity index (χ4n) is 1.85. The van der Waals surface area contributed by atoms with Crippen LogP contribution in [0.1, 0.15) is 12.5 Å². The topological polar surface area (TPSA) is 64.3 Å². The summed E-state index contributed by atoms with van der Waals surface area (Å²) in [6.07, 6.45) is 1.69. The molecule has 2 aromatic rings. The summed E-state index contributed by atoms with van der Waals surface area (Å²) in [4.78, 5) is 10.8. The number of hydrogen-bond acceptors (Lipinski definition) is 5. The lowest BCUT2D eigenvalue weighted by Gasteiger charge is -2.22. The smallest absolute Gasteiger partial charge is 0.232 e. The first-order valence-electron chi connectivity index (χ1n) is 6.30. The Morgan fingerprint density at radius 1 is 1.35 bits per heavy atom. The molecule has 0 radical (unpaired) electrons. The third-order valence-electron chi connectivity index (χ3n) is 2.97. The molecule has 0 atom stereocenters. The molecule has 0 saturated heterocycles. The standard InChI is InChI=1S/C14H17BrN4O/c1-3-19(9-10-6-4-5-7-12(10)16)14-17-8-11(15)13(18-14)20-2/h4-8H,3,9,16H2,1-2H3. The number of methoxy groups -OCH3 is 1. The third-order valence-corrected chi connectivity index (χ3v) is 3.52. The number of anilines is 2. The van der Waals surface area contributed by atoms with Crippen LogP contribution in [0, 0.1) is 0 Å². The molecule has 0 aliphatic heterocycles. The zero-order chi connectivity index (χ0) is 14.5. The fraction of sp³-hybridized carbons (Fsp3) is 0.286. The maximum absolute atomic E-state index is 5.98. The highest BCUT2D eigenvalue weighted by molar-refractivity contribution is 9.10. The van der Waals surface area contributed by atoms with Crippen molar-refractivity contribution in [2.75, 3.05) is 24.3 Å². The molecule has 0 amide bonds. The number of ether oxygens (including phenoxy) is 1. The highest BCUT2D eigenvalue weighted by atomic mass is 79.9. The first-order valence-corrected chi connectivity index (χ1v) is 7.09. The molecular weight excluding hydrogens is 320 g/mol. The number of benzene rings is 1. The average molecular weight is 337 g/mol. The van der Waals surface area contributed by atoms with Gasteiger partial charge in [0.05, 0.1) is 17.8 Å². The van der Waals surface area contributed by atoms with Gasteiger partial charge in [0.15, 0.2) is 0 Å². The Kier molecular flexibility index (Phi) is 4.79. The van der Waals surface area contributed by atoms with Gasteiger partial charge >= 0.3 is 0 Å². The van der Waals surface area contributed by atoms with E-state index >= 15 is 0 Å². The van der Waals surface area contributed by atoms with Gasteiger partial charge in [-0.3, -0.25) is 0 Å². The van der Waals surface area contributed by atoms with Crippen LogP contribution >= 0.6 is 15.9 Å². The van der Waals surface area contributed by atoms with Crippen molar-refractivity contribution < 1.29 is 4.74 Å². The Hall–Kier alpha value is -1.82. The van der Waals surface area contributed by atoms with E-state index in [4.69, 9.17) is 10.5 Å². The van der Waals surface area contributed by atoms with Gasteiger partial charge in [0.2, 0.25) is 11.8 Å². The van der Waals surface area contributed by atoms with E-state index in [-0.39, 0.29) is 0 Å². The van der Waals surface area contributed by atoms with E-state index in [0.29, 0.717) is 18.4 Å². The quantitative estimate of drug-likeness (QED) is 0.850. The predicted molar refractivity (Wildman–Crippen MR) is 83.9 cm³/mol. The molecule has 2 N–H and O–H groups in total. The number of nitrogens with two attached hydrogens (primary N) is 1. The summed E-state index contributed by atoms with van der Waals surface area (Å²) < 4.78 is 5.94. The highest BCUT2D eigenvalue weighted by Crippen LogP contribution is 2.24. The molecule has 106 valence electrons. The van der Waals surface area contributed by atoms with E-state index in [1.807, 2.05) is 29.2 Å². The molecule has 0 aliphatic carbocycles. The van der Waals surface area contributed by atoms with Crippen molar-refractivity contribution in [2.24, 2.45) is 0 Å². The maximum Gasteiger partial charge on any atom is 0.232 e. The van der Waals surface area contributed by atoms with Crippen LogP contribution in [0.4, 0.5) is 11.6 Å². The summed E-state index contributed by atoms with van der Waals surface area (Å²) in [6.45, 7) is 3.49. The normalized spacial score (nSPS) is 10.3. The van der Waals surface area contributed by atoms with Gasteiger partial charge in [0.25, 0.3) is 0 Å². The zero-order valence-electron chi connectivity index (χ0n) is 11.5. The minimum absolute atomic E-state index is 0.523. The van der Waals surface area contributed by atoms with Crippen LogP contribution < -0.4 is 15.4 Å². The minimum atomic E-state index is 0.523. The van der Waals surface area contributed by atoms with E-state index in [1.54, 1.807) is 13.3 Å². The molecule has 0 bridgehead atoms. The van der Waals surface area contributed by atoms with Crippen molar-refractivity contribution in [3.05, 3.63) is 40.5 Å². The number of halogens is 1. The van der Waals surface area contributed by atoms with Crippen LogP contribution in [0.2, 0.25) is 0 Å². The first-order chi connectivity index (χ1) is 9.65. The molecule has 1 heterocycles. The van der Waals surface area contributed by atoms with Crippen molar-refractivity contribution in [1.82, 2.24) is 9.97 Å². The second-order valence-electron chi connectivity index (χ2n) is 4.24. The largest absolute Gasteiger partial charge is 0.480 e. The van der Waals surface area contributed by atoms with Crippen molar-refractivity contribution in [3.63, 3.8) is 0 Å². The second kappa shape index (κ2) is 6.56. The van der Waals surface area contributed by atoms with Gasteiger partial charge in [-0.2, -0.15) is 4.98 Å². The zero-order valence-corrected chi connectivity index (χ0v) is 13.1. The van der Waals surface area contributed by atoms with Crippen molar-refractivity contribution in [1.29, 1.82) is 0 Å². The number of nitrogen functional groups attached to an aromatic ring is 1. The summed E-state index contributed by atoms with van der Waals surface area (Å²) >= 11 is 3.35. The summed E-state index contributed by atoms with van der Waals surface area (Å²) in [6, 6.07) is 7.80. The Morgan fingerprint density at radius 3 is 2.75 bits per heavy atom. The Balaban J connectivity index is 2.26. The van der Waals surface area contributed by atoms with Gasteiger partial charge in [-0.25, -0.2) is 4.98 Å². The lowest BCUT2D eigenvalue weighted by molar-refractivity contribution is 0.393. The SMILES string of the molecule is CCN(Cc1ccccc1N)c1ncc(Br)c(OC)n1. The summed E-state index contributed by atoms with van der Waals surface area (Å²) in [5.74, 6) is 1.14. The van der Waals surface area contributed by atoms with E-state index in [9.17, 15) is 0 Å². The summed E-state index contributed by atoms with van der Waals surface area (Å²) in [5, 5.41) is 0. The monoisotopic (exact) mass is 336 g/mol. The Morgan fingerprint density at radius 2 is 2.10 bits per heavy atom. The number of aromatic nitrogens is 2. The molecule has 1 aromatic heterocycles. The number of hydrogen-bond donors (Lipinski definition) is 1. The lowest BCUT2D eigenvalue weighted by Crippen LogP contribution is -2.24. The summed E-state index contributed by atoms with van der Waals surface area (Å²) in [7, 11) is 1.59. The molecule has 5 nitrogen and oxygen atoms in total. The number of para-hydroxylation sites is 1. The van der Waals surface area contributed by atoms with Gasteiger partial charge in [0, 0.05) is 18.8 Å². The molecule has 0 saturated carbocycles. The van der Waals surface area contributed by atoms with E-state index < -0.39 is 0 Å². The van der Waals surface area contributed by atoms with Crippen LogP contribution in [-0.2, 0) is 6.54 Å². The lowest BCUT2D eigenvalue weighted by atomic mass is 10.2. The molecule has 0 unspecified atom stereocenters. The van der Waals surface area contributed by atoms with Gasteiger partial charge in [-0.05, 0) is 34.5 Å². The van der Waals surface area contributed by atoms with Crippen molar-refractivity contribution in [3.8, 4) is 5.88 Å². The highest BCUT2D eigenvalue weighted by Gasteiger charge is 2.12. The second-order valence-corrected chi connectivity index (χ2v) is 5.09. The molecule has 20 heavy (non-hydrogen) atoms. The Labute approximate surface area is 126 Å². The van der Waals surface area contributed by atoms with Crippen LogP contribution in [-0.4, -0.2) is 23.6 Å².